The normalized spacial score (nSPS) is 19.8. The summed E-state index contributed by atoms with van der Waals surface area (Å²) in [5, 5.41) is 3.52. The van der Waals surface area contributed by atoms with Crippen molar-refractivity contribution >= 4 is 11.3 Å². The maximum absolute atomic E-state index is 5.32. The third kappa shape index (κ3) is 3.52. The number of nitrogens with one attached hydrogen (secondary N) is 1. The lowest BCUT2D eigenvalue weighted by Gasteiger charge is -2.27. The number of thiazole rings is 1. The van der Waals surface area contributed by atoms with Crippen LogP contribution in [0.2, 0.25) is 0 Å². The van der Waals surface area contributed by atoms with Crippen molar-refractivity contribution in [3.05, 3.63) is 16.6 Å². The predicted octanol–water partition coefficient (Wildman–Crippen LogP) is 1.13. The van der Waals surface area contributed by atoms with Crippen molar-refractivity contribution in [1.29, 1.82) is 0 Å². The molecule has 5 heteroatoms. The average Bonchev–Trinajstić information content (AvgIpc) is 2.84. The fraction of sp³-hybridized carbons (Fsp3) is 0.727. The molecule has 0 radical (unpaired) electrons. The Morgan fingerprint density at radius 3 is 3.06 bits per heavy atom. The summed E-state index contributed by atoms with van der Waals surface area (Å²) in [4.78, 5) is 7.84. The van der Waals surface area contributed by atoms with Gasteiger partial charge < -0.3 is 10.1 Å². The standard InChI is InChI=1S/C11H19N3OS/c1-10(11-8-12-9-16-11)13-2-3-14-4-6-15-7-5-14/h8-10,13H,2-7H2,1H3. The van der Waals surface area contributed by atoms with Crippen LogP contribution in [0.15, 0.2) is 11.7 Å². The van der Waals surface area contributed by atoms with Crippen molar-refractivity contribution in [1.82, 2.24) is 15.2 Å². The lowest BCUT2D eigenvalue weighted by Crippen LogP contribution is -2.40. The van der Waals surface area contributed by atoms with Gasteiger partial charge in [0.2, 0.25) is 0 Å². The predicted molar refractivity (Wildman–Crippen MR) is 65.8 cm³/mol. The average molecular weight is 241 g/mol. The van der Waals surface area contributed by atoms with Gasteiger partial charge in [-0.2, -0.15) is 0 Å². The minimum atomic E-state index is 0.411. The maximum Gasteiger partial charge on any atom is 0.0794 e. The van der Waals surface area contributed by atoms with Crippen molar-refractivity contribution in [3.8, 4) is 0 Å². The van der Waals surface area contributed by atoms with Gasteiger partial charge in [0.1, 0.15) is 0 Å². The Balaban J connectivity index is 1.63. The molecule has 1 N–H and O–H groups in total. The van der Waals surface area contributed by atoms with E-state index < -0.39 is 0 Å². The van der Waals surface area contributed by atoms with Gasteiger partial charge in [-0.15, -0.1) is 11.3 Å². The first kappa shape index (κ1) is 12.0. The molecule has 2 rings (SSSR count). The number of hydrogen-bond acceptors (Lipinski definition) is 5. The quantitative estimate of drug-likeness (QED) is 0.838. The van der Waals surface area contributed by atoms with Crippen LogP contribution in [0.1, 0.15) is 17.8 Å². The van der Waals surface area contributed by atoms with Crippen molar-refractivity contribution in [2.75, 3.05) is 39.4 Å². The largest absolute Gasteiger partial charge is 0.379 e. The van der Waals surface area contributed by atoms with Crippen molar-refractivity contribution < 1.29 is 4.74 Å². The number of aromatic nitrogens is 1. The zero-order chi connectivity index (χ0) is 11.2. The molecule has 0 saturated carbocycles. The molecular weight excluding hydrogens is 222 g/mol. The van der Waals surface area contributed by atoms with E-state index in [-0.39, 0.29) is 0 Å². The molecule has 1 aliphatic rings. The molecule has 90 valence electrons. The summed E-state index contributed by atoms with van der Waals surface area (Å²) in [6, 6.07) is 0.411. The molecule has 0 spiro atoms. The first-order valence-electron chi connectivity index (χ1n) is 5.78. The zero-order valence-electron chi connectivity index (χ0n) is 9.69. The molecule has 4 nitrogen and oxygen atoms in total. The van der Waals surface area contributed by atoms with Gasteiger partial charge >= 0.3 is 0 Å². The molecular formula is C11H19N3OS. The highest BCUT2D eigenvalue weighted by atomic mass is 32.1. The van der Waals surface area contributed by atoms with E-state index in [0.717, 1.165) is 39.4 Å². The van der Waals surface area contributed by atoms with Crippen LogP contribution in [-0.4, -0.2) is 49.3 Å². The first-order chi connectivity index (χ1) is 7.86. The van der Waals surface area contributed by atoms with Gasteiger partial charge in [0.25, 0.3) is 0 Å². The summed E-state index contributed by atoms with van der Waals surface area (Å²) in [6.45, 7) is 8.21. The summed E-state index contributed by atoms with van der Waals surface area (Å²) < 4.78 is 5.32. The van der Waals surface area contributed by atoms with E-state index in [1.807, 2.05) is 11.7 Å². The summed E-state index contributed by atoms with van der Waals surface area (Å²) in [5.41, 5.74) is 1.88. The van der Waals surface area contributed by atoms with E-state index in [9.17, 15) is 0 Å². The van der Waals surface area contributed by atoms with E-state index in [0.29, 0.717) is 6.04 Å². The summed E-state index contributed by atoms with van der Waals surface area (Å²) in [6.07, 6.45) is 1.94. The lowest BCUT2D eigenvalue weighted by atomic mass is 10.3. The summed E-state index contributed by atoms with van der Waals surface area (Å²) in [7, 11) is 0. The number of rotatable bonds is 5. The van der Waals surface area contributed by atoms with E-state index in [4.69, 9.17) is 4.74 Å². The third-order valence-corrected chi connectivity index (χ3v) is 3.82. The molecule has 1 fully saturated rings. The highest BCUT2D eigenvalue weighted by Gasteiger charge is 2.11. The topological polar surface area (TPSA) is 37.4 Å². The van der Waals surface area contributed by atoms with Gasteiger partial charge in [0.05, 0.1) is 18.7 Å². The number of ether oxygens (including phenoxy) is 1. The van der Waals surface area contributed by atoms with Gasteiger partial charge in [0.15, 0.2) is 0 Å². The van der Waals surface area contributed by atoms with Crippen molar-refractivity contribution in [3.63, 3.8) is 0 Å². The van der Waals surface area contributed by atoms with Crippen molar-refractivity contribution in [2.24, 2.45) is 0 Å². The number of morpholine rings is 1. The third-order valence-electron chi connectivity index (χ3n) is 2.86. The molecule has 1 aromatic rings. The van der Waals surface area contributed by atoms with Crippen LogP contribution >= 0.6 is 11.3 Å². The van der Waals surface area contributed by atoms with E-state index in [1.54, 1.807) is 11.3 Å². The molecule has 0 bridgehead atoms. The molecule has 1 atom stereocenters. The Labute approximate surface area is 101 Å². The smallest absolute Gasteiger partial charge is 0.0794 e. The Morgan fingerprint density at radius 1 is 1.56 bits per heavy atom. The molecule has 1 aromatic heterocycles. The summed E-state index contributed by atoms with van der Waals surface area (Å²) in [5.74, 6) is 0. The lowest BCUT2D eigenvalue weighted by molar-refractivity contribution is 0.0382. The zero-order valence-corrected chi connectivity index (χ0v) is 10.5. The van der Waals surface area contributed by atoms with Gasteiger partial charge in [-0.05, 0) is 6.92 Å². The monoisotopic (exact) mass is 241 g/mol. The Bertz CT molecular complexity index is 285. The number of hydrogen-bond donors (Lipinski definition) is 1. The second kappa shape index (κ2) is 6.30. The van der Waals surface area contributed by atoms with Crippen LogP contribution in [0.4, 0.5) is 0 Å². The van der Waals surface area contributed by atoms with Crippen LogP contribution in [0.25, 0.3) is 0 Å². The van der Waals surface area contributed by atoms with Gasteiger partial charge in [0, 0.05) is 43.3 Å². The molecule has 1 aliphatic heterocycles. The van der Waals surface area contributed by atoms with Crippen LogP contribution in [0.5, 0.6) is 0 Å². The van der Waals surface area contributed by atoms with E-state index >= 15 is 0 Å². The van der Waals surface area contributed by atoms with Gasteiger partial charge in [-0.25, -0.2) is 0 Å². The van der Waals surface area contributed by atoms with Crippen LogP contribution in [-0.2, 0) is 4.74 Å². The fourth-order valence-corrected chi connectivity index (χ4v) is 2.46. The molecule has 1 unspecified atom stereocenters. The Kier molecular flexibility index (Phi) is 4.71. The molecule has 0 amide bonds. The summed E-state index contributed by atoms with van der Waals surface area (Å²) >= 11 is 1.71. The second-order valence-corrected chi connectivity index (χ2v) is 4.95. The second-order valence-electron chi connectivity index (χ2n) is 4.03. The van der Waals surface area contributed by atoms with Crippen LogP contribution < -0.4 is 5.32 Å². The minimum absolute atomic E-state index is 0.411. The molecule has 0 aromatic carbocycles. The molecule has 16 heavy (non-hydrogen) atoms. The molecule has 0 aliphatic carbocycles. The minimum Gasteiger partial charge on any atom is -0.379 e. The van der Waals surface area contributed by atoms with Crippen molar-refractivity contribution in [2.45, 2.75) is 13.0 Å². The van der Waals surface area contributed by atoms with Gasteiger partial charge in [-0.1, -0.05) is 0 Å². The van der Waals surface area contributed by atoms with Crippen LogP contribution in [0, 0.1) is 0 Å². The Hall–Kier alpha value is -0.490. The van der Waals surface area contributed by atoms with E-state index in [1.165, 1.54) is 4.88 Å². The highest BCUT2D eigenvalue weighted by Crippen LogP contribution is 2.15. The molecule has 2 heterocycles. The Morgan fingerprint density at radius 2 is 2.38 bits per heavy atom. The van der Waals surface area contributed by atoms with E-state index in [2.05, 4.69) is 22.1 Å². The molecule has 1 saturated heterocycles. The fourth-order valence-electron chi connectivity index (χ4n) is 1.80. The number of nitrogens with zero attached hydrogens (tertiary/aromatic N) is 2. The first-order valence-corrected chi connectivity index (χ1v) is 6.66. The highest BCUT2D eigenvalue weighted by molar-refractivity contribution is 7.09. The van der Waals surface area contributed by atoms with Gasteiger partial charge in [-0.3, -0.25) is 9.88 Å². The maximum atomic E-state index is 5.32. The SMILES string of the molecule is CC(NCCN1CCOCC1)c1cncs1. The van der Waals surface area contributed by atoms with Crippen LogP contribution in [0.3, 0.4) is 0 Å².